The van der Waals surface area contributed by atoms with Gasteiger partial charge in [-0.05, 0) is 30.9 Å². The van der Waals surface area contributed by atoms with Gasteiger partial charge in [0, 0.05) is 25.2 Å². The van der Waals surface area contributed by atoms with Gasteiger partial charge in [-0.3, -0.25) is 9.59 Å². The van der Waals surface area contributed by atoms with Crippen LogP contribution < -0.4 is 0 Å². The Balaban J connectivity index is 2.10. The number of halogens is 1. The minimum Gasteiger partial charge on any atom is -0.349 e. The van der Waals surface area contributed by atoms with E-state index in [1.165, 1.54) is 14.2 Å². The third-order valence-corrected chi connectivity index (χ3v) is 4.59. The zero-order valence-electron chi connectivity index (χ0n) is 12.9. The smallest absolute Gasteiger partial charge is 0.218 e. The lowest BCUT2D eigenvalue weighted by atomic mass is 9.75. The summed E-state index contributed by atoms with van der Waals surface area (Å²) in [4.78, 5) is 25.0. The van der Waals surface area contributed by atoms with Crippen LogP contribution in [0.25, 0.3) is 0 Å². The molecule has 1 aliphatic rings. The maximum absolute atomic E-state index is 12.6. The molecular formula is C17H21ClO4. The topological polar surface area (TPSA) is 52.6 Å². The molecule has 120 valence electrons. The van der Waals surface area contributed by atoms with Crippen molar-refractivity contribution in [2.75, 3.05) is 14.2 Å². The summed E-state index contributed by atoms with van der Waals surface area (Å²) < 4.78 is 9.98. The minimum absolute atomic E-state index is 0.0183. The standard InChI is InChI=1S/C17H21ClO4/c1-21-17(22-2)16(20)13-8-5-7-12(15(13)19)10-11-6-3-4-9-14(11)18/h3-4,6,9,12-13,17H,5,7-8,10H2,1-2H3. The SMILES string of the molecule is COC(OC)C(=O)C1CCCC(Cc2ccccc2Cl)C1=O. The van der Waals surface area contributed by atoms with E-state index in [4.69, 9.17) is 21.1 Å². The van der Waals surface area contributed by atoms with E-state index in [0.29, 0.717) is 17.9 Å². The average molecular weight is 325 g/mol. The summed E-state index contributed by atoms with van der Waals surface area (Å²) in [7, 11) is 2.81. The van der Waals surface area contributed by atoms with E-state index in [2.05, 4.69) is 0 Å². The van der Waals surface area contributed by atoms with Gasteiger partial charge in [-0.1, -0.05) is 36.2 Å². The maximum Gasteiger partial charge on any atom is 0.218 e. The molecule has 2 rings (SSSR count). The molecule has 0 spiro atoms. The normalized spacial score (nSPS) is 22.1. The van der Waals surface area contributed by atoms with Gasteiger partial charge in [-0.25, -0.2) is 0 Å². The fraction of sp³-hybridized carbons (Fsp3) is 0.529. The molecular weight excluding hydrogens is 304 g/mol. The average Bonchev–Trinajstić information content (AvgIpc) is 2.52. The Morgan fingerprint density at radius 2 is 1.95 bits per heavy atom. The van der Waals surface area contributed by atoms with Gasteiger partial charge in [0.15, 0.2) is 5.78 Å². The third-order valence-electron chi connectivity index (χ3n) is 4.22. The van der Waals surface area contributed by atoms with Crippen LogP contribution in [-0.4, -0.2) is 32.1 Å². The number of benzene rings is 1. The molecule has 5 heteroatoms. The van der Waals surface area contributed by atoms with Crippen LogP contribution in [0.1, 0.15) is 24.8 Å². The Kier molecular flexibility index (Phi) is 6.12. The summed E-state index contributed by atoms with van der Waals surface area (Å²) in [6.45, 7) is 0. The minimum atomic E-state index is -0.965. The van der Waals surface area contributed by atoms with Crippen LogP contribution in [0.15, 0.2) is 24.3 Å². The van der Waals surface area contributed by atoms with Crippen molar-refractivity contribution in [3.8, 4) is 0 Å². The Labute approximate surface area is 135 Å². The van der Waals surface area contributed by atoms with Crippen molar-refractivity contribution in [2.45, 2.75) is 32.0 Å². The fourth-order valence-corrected chi connectivity index (χ4v) is 3.26. The van der Waals surface area contributed by atoms with Crippen LogP contribution in [0.4, 0.5) is 0 Å². The van der Waals surface area contributed by atoms with Crippen molar-refractivity contribution in [2.24, 2.45) is 11.8 Å². The molecule has 1 aromatic carbocycles. The van der Waals surface area contributed by atoms with Crippen LogP contribution >= 0.6 is 11.6 Å². The molecule has 0 heterocycles. The number of methoxy groups -OCH3 is 2. The van der Waals surface area contributed by atoms with E-state index in [0.717, 1.165) is 18.4 Å². The quantitative estimate of drug-likeness (QED) is 0.596. The molecule has 0 aliphatic heterocycles. The number of hydrogen-bond acceptors (Lipinski definition) is 4. The van der Waals surface area contributed by atoms with Crippen LogP contribution in [-0.2, 0) is 25.5 Å². The molecule has 0 aromatic heterocycles. The van der Waals surface area contributed by atoms with Crippen molar-refractivity contribution >= 4 is 23.2 Å². The first kappa shape index (κ1) is 17.1. The van der Waals surface area contributed by atoms with Gasteiger partial charge in [0.05, 0.1) is 5.92 Å². The number of ether oxygens (including phenoxy) is 2. The molecule has 0 saturated heterocycles. The molecule has 0 bridgehead atoms. The van der Waals surface area contributed by atoms with Gasteiger partial charge in [0.1, 0.15) is 5.78 Å². The zero-order chi connectivity index (χ0) is 16.1. The molecule has 1 fully saturated rings. The molecule has 22 heavy (non-hydrogen) atoms. The summed E-state index contributed by atoms with van der Waals surface area (Å²) in [5.74, 6) is -1.10. The Morgan fingerprint density at radius 3 is 2.59 bits per heavy atom. The molecule has 0 N–H and O–H groups in total. The lowest BCUT2D eigenvalue weighted by Crippen LogP contribution is -2.41. The first-order chi connectivity index (χ1) is 10.6. The summed E-state index contributed by atoms with van der Waals surface area (Å²) in [6, 6.07) is 7.51. The molecule has 0 amide bonds. The van der Waals surface area contributed by atoms with E-state index in [1.54, 1.807) is 0 Å². The lowest BCUT2D eigenvalue weighted by Gasteiger charge is -2.28. The summed E-state index contributed by atoms with van der Waals surface area (Å²) in [6.07, 6.45) is 1.82. The van der Waals surface area contributed by atoms with E-state index >= 15 is 0 Å². The van der Waals surface area contributed by atoms with E-state index in [9.17, 15) is 9.59 Å². The van der Waals surface area contributed by atoms with Crippen molar-refractivity contribution in [1.82, 2.24) is 0 Å². The Bertz CT molecular complexity index is 539. The van der Waals surface area contributed by atoms with Crippen LogP contribution in [0.5, 0.6) is 0 Å². The number of carbonyl (C=O) groups is 2. The highest BCUT2D eigenvalue weighted by Gasteiger charge is 2.39. The second kappa shape index (κ2) is 7.86. The van der Waals surface area contributed by atoms with Gasteiger partial charge in [0.2, 0.25) is 6.29 Å². The predicted molar refractivity (Wildman–Crippen MR) is 83.8 cm³/mol. The molecule has 1 aromatic rings. The van der Waals surface area contributed by atoms with Crippen molar-refractivity contribution < 1.29 is 19.1 Å². The van der Waals surface area contributed by atoms with Crippen LogP contribution in [0, 0.1) is 11.8 Å². The Hall–Kier alpha value is -1.23. The first-order valence-electron chi connectivity index (χ1n) is 7.45. The van der Waals surface area contributed by atoms with Crippen LogP contribution in [0.2, 0.25) is 5.02 Å². The monoisotopic (exact) mass is 324 g/mol. The van der Waals surface area contributed by atoms with Crippen molar-refractivity contribution in [3.63, 3.8) is 0 Å². The molecule has 2 atom stereocenters. The molecule has 1 saturated carbocycles. The molecule has 0 radical (unpaired) electrons. The predicted octanol–water partition coefficient (Wildman–Crippen LogP) is 3.06. The van der Waals surface area contributed by atoms with Crippen LogP contribution in [0.3, 0.4) is 0 Å². The number of rotatable bonds is 6. The molecule has 2 unspecified atom stereocenters. The largest absolute Gasteiger partial charge is 0.349 e. The highest BCUT2D eigenvalue weighted by Crippen LogP contribution is 2.31. The van der Waals surface area contributed by atoms with Gasteiger partial charge < -0.3 is 9.47 Å². The summed E-state index contributed by atoms with van der Waals surface area (Å²) >= 11 is 6.17. The highest BCUT2D eigenvalue weighted by atomic mass is 35.5. The Morgan fingerprint density at radius 1 is 1.27 bits per heavy atom. The molecule has 4 nitrogen and oxygen atoms in total. The number of hydrogen-bond donors (Lipinski definition) is 0. The second-order valence-corrected chi connectivity index (χ2v) is 5.99. The van der Waals surface area contributed by atoms with E-state index in [-0.39, 0.29) is 17.5 Å². The third kappa shape index (κ3) is 3.75. The summed E-state index contributed by atoms with van der Waals surface area (Å²) in [5, 5.41) is 0.662. The van der Waals surface area contributed by atoms with Gasteiger partial charge >= 0.3 is 0 Å². The zero-order valence-corrected chi connectivity index (χ0v) is 13.6. The first-order valence-corrected chi connectivity index (χ1v) is 7.82. The van der Waals surface area contributed by atoms with E-state index < -0.39 is 12.2 Å². The number of ketones is 2. The van der Waals surface area contributed by atoms with E-state index in [1.807, 2.05) is 24.3 Å². The van der Waals surface area contributed by atoms with Gasteiger partial charge in [0.25, 0.3) is 0 Å². The van der Waals surface area contributed by atoms with Crippen molar-refractivity contribution in [3.05, 3.63) is 34.9 Å². The maximum atomic E-state index is 12.6. The highest BCUT2D eigenvalue weighted by molar-refractivity contribution is 6.31. The fourth-order valence-electron chi connectivity index (χ4n) is 3.04. The number of Topliss-reactive ketones (excluding diaryl/α,β-unsaturated/α-hetero) is 2. The molecule has 1 aliphatic carbocycles. The lowest BCUT2D eigenvalue weighted by molar-refractivity contribution is -0.164. The van der Waals surface area contributed by atoms with Gasteiger partial charge in [-0.15, -0.1) is 0 Å². The van der Waals surface area contributed by atoms with Crippen molar-refractivity contribution in [1.29, 1.82) is 0 Å². The summed E-state index contributed by atoms with van der Waals surface area (Å²) in [5.41, 5.74) is 0.950. The van der Waals surface area contributed by atoms with Gasteiger partial charge in [-0.2, -0.15) is 0 Å². The second-order valence-electron chi connectivity index (χ2n) is 5.58. The number of carbonyl (C=O) groups excluding carboxylic acids is 2.